The minimum atomic E-state index is 0.571. The topological polar surface area (TPSA) is 53.1 Å². The van der Waals surface area contributed by atoms with Gasteiger partial charge in [0.2, 0.25) is 0 Å². The molecule has 0 bridgehead atoms. The van der Waals surface area contributed by atoms with E-state index >= 15 is 0 Å². The zero-order valence-corrected chi connectivity index (χ0v) is 10.1. The molecule has 1 unspecified atom stereocenters. The third-order valence-corrected chi connectivity index (χ3v) is 3.35. The van der Waals surface area contributed by atoms with E-state index in [0.29, 0.717) is 5.92 Å². The maximum absolute atomic E-state index is 5.87. The van der Waals surface area contributed by atoms with Crippen molar-refractivity contribution in [3.05, 3.63) is 9.77 Å². The van der Waals surface area contributed by atoms with Gasteiger partial charge in [-0.15, -0.1) is 0 Å². The highest BCUT2D eigenvalue weighted by atomic mass is 127. The Morgan fingerprint density at radius 3 is 3.14 bits per heavy atom. The molecule has 0 aliphatic carbocycles. The second-order valence-corrected chi connectivity index (χ2v) is 4.81. The maximum atomic E-state index is 5.87. The Kier molecular flexibility index (Phi) is 3.27. The normalized spacial score (nSPS) is 22.5. The summed E-state index contributed by atoms with van der Waals surface area (Å²) >= 11 is 2.20. The van der Waals surface area contributed by atoms with Crippen LogP contribution >= 0.6 is 22.6 Å². The number of nitrogen functional groups attached to an aromatic ring is 1. The predicted molar refractivity (Wildman–Crippen MR) is 62.9 cm³/mol. The van der Waals surface area contributed by atoms with E-state index in [4.69, 9.17) is 10.5 Å². The lowest BCUT2D eigenvalue weighted by Gasteiger charge is -2.22. The lowest BCUT2D eigenvalue weighted by Crippen LogP contribution is -2.23. The van der Waals surface area contributed by atoms with Gasteiger partial charge < -0.3 is 10.5 Å². The minimum absolute atomic E-state index is 0.571. The van der Waals surface area contributed by atoms with Crippen molar-refractivity contribution < 1.29 is 4.74 Å². The summed E-state index contributed by atoms with van der Waals surface area (Å²) in [5, 5.41) is 4.24. The Balaban J connectivity index is 1.99. The molecular formula is C9H14IN3O. The van der Waals surface area contributed by atoms with Gasteiger partial charge in [-0.25, -0.2) is 4.68 Å². The van der Waals surface area contributed by atoms with Crippen LogP contribution in [0.15, 0.2) is 6.20 Å². The van der Waals surface area contributed by atoms with Gasteiger partial charge in [0, 0.05) is 19.1 Å². The quantitative estimate of drug-likeness (QED) is 0.843. The van der Waals surface area contributed by atoms with Crippen LogP contribution in [0.1, 0.15) is 12.8 Å². The number of halogens is 1. The van der Waals surface area contributed by atoms with Crippen molar-refractivity contribution in [2.75, 3.05) is 18.9 Å². The molecule has 0 saturated carbocycles. The molecule has 1 atom stereocenters. The van der Waals surface area contributed by atoms with Crippen molar-refractivity contribution in [2.24, 2.45) is 5.92 Å². The molecule has 1 fully saturated rings. The number of aromatic nitrogens is 2. The Morgan fingerprint density at radius 2 is 2.57 bits per heavy atom. The van der Waals surface area contributed by atoms with Crippen molar-refractivity contribution in [1.29, 1.82) is 0 Å². The van der Waals surface area contributed by atoms with Gasteiger partial charge in [-0.2, -0.15) is 5.10 Å². The highest BCUT2D eigenvalue weighted by molar-refractivity contribution is 14.1. The second kappa shape index (κ2) is 4.48. The smallest absolute Gasteiger partial charge is 0.135 e. The van der Waals surface area contributed by atoms with Crippen LogP contribution in [0.25, 0.3) is 0 Å². The van der Waals surface area contributed by atoms with Gasteiger partial charge in [0.05, 0.1) is 16.4 Å². The molecule has 2 N–H and O–H groups in total. The van der Waals surface area contributed by atoms with E-state index in [9.17, 15) is 0 Å². The van der Waals surface area contributed by atoms with Gasteiger partial charge in [0.15, 0.2) is 0 Å². The zero-order valence-electron chi connectivity index (χ0n) is 7.95. The standard InChI is InChI=1S/C9H14IN3O/c10-8-4-12-13(9(8)11)5-7-2-1-3-14-6-7/h4,7H,1-3,5-6,11H2. The molecule has 2 heterocycles. The van der Waals surface area contributed by atoms with Crippen LogP contribution < -0.4 is 5.73 Å². The van der Waals surface area contributed by atoms with Crippen LogP contribution in [-0.4, -0.2) is 23.0 Å². The number of hydrogen-bond acceptors (Lipinski definition) is 3. The highest BCUT2D eigenvalue weighted by Gasteiger charge is 2.16. The number of nitrogens with two attached hydrogens (primary N) is 1. The number of rotatable bonds is 2. The van der Waals surface area contributed by atoms with E-state index in [1.165, 1.54) is 6.42 Å². The van der Waals surface area contributed by atoms with Crippen LogP contribution in [0.4, 0.5) is 5.82 Å². The SMILES string of the molecule is Nc1c(I)cnn1CC1CCCOC1. The van der Waals surface area contributed by atoms with Crippen LogP contribution in [-0.2, 0) is 11.3 Å². The Labute approximate surface area is 96.9 Å². The minimum Gasteiger partial charge on any atom is -0.383 e. The molecule has 0 amide bonds. The molecule has 78 valence electrons. The van der Waals surface area contributed by atoms with E-state index in [1.54, 1.807) is 6.20 Å². The Morgan fingerprint density at radius 1 is 1.71 bits per heavy atom. The monoisotopic (exact) mass is 307 g/mol. The fraction of sp³-hybridized carbons (Fsp3) is 0.667. The first-order valence-corrected chi connectivity index (χ1v) is 5.90. The van der Waals surface area contributed by atoms with E-state index < -0.39 is 0 Å². The number of anilines is 1. The van der Waals surface area contributed by atoms with Crippen LogP contribution in [0.3, 0.4) is 0 Å². The molecule has 1 saturated heterocycles. The summed E-state index contributed by atoms with van der Waals surface area (Å²) in [5.41, 5.74) is 5.87. The number of ether oxygens (including phenoxy) is 1. The lowest BCUT2D eigenvalue weighted by atomic mass is 10.0. The molecule has 4 nitrogen and oxygen atoms in total. The van der Waals surface area contributed by atoms with Gasteiger partial charge in [-0.3, -0.25) is 0 Å². The molecule has 1 aliphatic rings. The average molecular weight is 307 g/mol. The van der Waals surface area contributed by atoms with Crippen LogP contribution in [0.5, 0.6) is 0 Å². The summed E-state index contributed by atoms with van der Waals surface area (Å²) in [5.74, 6) is 1.35. The van der Waals surface area contributed by atoms with E-state index in [-0.39, 0.29) is 0 Å². The maximum Gasteiger partial charge on any atom is 0.135 e. The lowest BCUT2D eigenvalue weighted by molar-refractivity contribution is 0.0472. The summed E-state index contributed by atoms with van der Waals surface area (Å²) in [4.78, 5) is 0. The molecule has 0 radical (unpaired) electrons. The van der Waals surface area contributed by atoms with Crippen molar-refractivity contribution in [1.82, 2.24) is 9.78 Å². The Bertz CT molecular complexity index is 307. The van der Waals surface area contributed by atoms with Crippen molar-refractivity contribution in [2.45, 2.75) is 19.4 Å². The highest BCUT2D eigenvalue weighted by Crippen LogP contribution is 2.19. The predicted octanol–water partition coefficient (Wildman–Crippen LogP) is 1.50. The van der Waals surface area contributed by atoms with Crippen LogP contribution in [0.2, 0.25) is 0 Å². The van der Waals surface area contributed by atoms with Crippen molar-refractivity contribution in [3.63, 3.8) is 0 Å². The van der Waals surface area contributed by atoms with Gasteiger partial charge in [0.25, 0.3) is 0 Å². The first kappa shape index (κ1) is 10.2. The third kappa shape index (κ3) is 2.20. The molecular weight excluding hydrogens is 293 g/mol. The van der Waals surface area contributed by atoms with Gasteiger partial charge >= 0.3 is 0 Å². The first-order chi connectivity index (χ1) is 6.77. The summed E-state index contributed by atoms with van der Waals surface area (Å²) < 4.78 is 8.32. The summed E-state index contributed by atoms with van der Waals surface area (Å²) in [7, 11) is 0. The van der Waals surface area contributed by atoms with Crippen molar-refractivity contribution >= 4 is 28.4 Å². The van der Waals surface area contributed by atoms with Crippen LogP contribution in [0, 0.1) is 9.49 Å². The molecule has 1 aromatic rings. The van der Waals surface area contributed by atoms with Gasteiger partial charge in [0.1, 0.15) is 5.82 Å². The fourth-order valence-corrected chi connectivity index (χ4v) is 2.12. The largest absolute Gasteiger partial charge is 0.383 e. The molecule has 1 aromatic heterocycles. The molecule has 14 heavy (non-hydrogen) atoms. The van der Waals surface area contributed by atoms with E-state index in [0.717, 1.165) is 35.6 Å². The third-order valence-electron chi connectivity index (χ3n) is 2.52. The molecule has 2 rings (SSSR count). The average Bonchev–Trinajstić information content (AvgIpc) is 2.52. The first-order valence-electron chi connectivity index (χ1n) is 4.82. The van der Waals surface area contributed by atoms with Gasteiger partial charge in [-0.1, -0.05) is 0 Å². The summed E-state index contributed by atoms with van der Waals surface area (Å²) in [6, 6.07) is 0. The van der Waals surface area contributed by atoms with E-state index in [2.05, 4.69) is 27.7 Å². The van der Waals surface area contributed by atoms with Gasteiger partial charge in [-0.05, 0) is 35.4 Å². The molecule has 0 spiro atoms. The second-order valence-electron chi connectivity index (χ2n) is 3.64. The number of hydrogen-bond donors (Lipinski definition) is 1. The van der Waals surface area contributed by atoms with E-state index in [1.807, 2.05) is 4.68 Å². The van der Waals surface area contributed by atoms with Crippen molar-refractivity contribution in [3.8, 4) is 0 Å². The number of nitrogens with zero attached hydrogens (tertiary/aromatic N) is 2. The molecule has 5 heteroatoms. The molecule has 0 aromatic carbocycles. The molecule has 1 aliphatic heterocycles. The fourth-order valence-electron chi connectivity index (χ4n) is 1.71. The Hall–Kier alpha value is -0.300. The summed E-state index contributed by atoms with van der Waals surface area (Å²) in [6.45, 7) is 2.63. The zero-order chi connectivity index (χ0) is 9.97. The summed E-state index contributed by atoms with van der Waals surface area (Å²) in [6.07, 6.45) is 4.18.